The highest BCUT2D eigenvalue weighted by Crippen LogP contribution is 2.15. The van der Waals surface area contributed by atoms with E-state index >= 15 is 0 Å². The van der Waals surface area contributed by atoms with Gasteiger partial charge in [-0.15, -0.1) is 0 Å². The van der Waals surface area contributed by atoms with Crippen molar-refractivity contribution in [2.45, 2.75) is 13.5 Å². The van der Waals surface area contributed by atoms with Gasteiger partial charge in [-0.2, -0.15) is 0 Å². The van der Waals surface area contributed by atoms with Crippen molar-refractivity contribution in [1.29, 1.82) is 0 Å². The summed E-state index contributed by atoms with van der Waals surface area (Å²) in [6.07, 6.45) is 0. The van der Waals surface area contributed by atoms with Crippen LogP contribution in [0.5, 0.6) is 0 Å². The zero-order valence-electron chi connectivity index (χ0n) is 9.50. The molecule has 2 aromatic rings. The van der Waals surface area contributed by atoms with E-state index in [-0.39, 0.29) is 5.82 Å². The predicted octanol–water partition coefficient (Wildman–Crippen LogP) is 4.51. The van der Waals surface area contributed by atoms with Crippen LogP contribution in [0.15, 0.2) is 46.9 Å². The molecule has 1 nitrogen and oxygen atoms in total. The summed E-state index contributed by atoms with van der Waals surface area (Å²) in [4.78, 5) is 0. The average molecular weight is 294 g/mol. The Labute approximate surface area is 109 Å². The van der Waals surface area contributed by atoms with Crippen molar-refractivity contribution in [3.05, 3.63) is 63.9 Å². The van der Waals surface area contributed by atoms with Crippen LogP contribution in [0, 0.1) is 12.7 Å². The zero-order chi connectivity index (χ0) is 12.3. The lowest BCUT2D eigenvalue weighted by atomic mass is 10.2. The van der Waals surface area contributed by atoms with Crippen LogP contribution in [0.2, 0.25) is 0 Å². The summed E-state index contributed by atoms with van der Waals surface area (Å²) in [5, 5.41) is 3.19. The van der Waals surface area contributed by atoms with Crippen LogP contribution in [0.25, 0.3) is 0 Å². The Morgan fingerprint density at radius 2 is 1.82 bits per heavy atom. The van der Waals surface area contributed by atoms with Gasteiger partial charge in [0.2, 0.25) is 0 Å². The van der Waals surface area contributed by atoms with Gasteiger partial charge in [-0.3, -0.25) is 0 Å². The Balaban J connectivity index is 2.02. The molecule has 1 N–H and O–H groups in total. The maximum absolute atomic E-state index is 13.3. The van der Waals surface area contributed by atoms with Crippen LogP contribution in [0.1, 0.15) is 11.1 Å². The lowest BCUT2D eigenvalue weighted by Gasteiger charge is -2.07. The normalized spacial score (nSPS) is 10.3. The van der Waals surface area contributed by atoms with Crippen molar-refractivity contribution >= 4 is 21.6 Å². The van der Waals surface area contributed by atoms with Crippen LogP contribution in [0.3, 0.4) is 0 Å². The minimum atomic E-state index is -0.175. The number of benzene rings is 2. The molecule has 2 aromatic carbocycles. The summed E-state index contributed by atoms with van der Waals surface area (Å²) in [5.74, 6) is -0.175. The first-order valence-electron chi connectivity index (χ1n) is 5.39. The molecule has 0 saturated heterocycles. The molecule has 0 aliphatic heterocycles. The highest BCUT2D eigenvalue weighted by molar-refractivity contribution is 9.10. The SMILES string of the molecule is Cc1ccc(NCc2ccc(Br)cc2)cc1F. The first-order chi connectivity index (χ1) is 8.15. The highest BCUT2D eigenvalue weighted by Gasteiger charge is 1.99. The molecule has 0 bridgehead atoms. The number of nitrogens with one attached hydrogen (secondary N) is 1. The summed E-state index contributed by atoms with van der Waals surface area (Å²) >= 11 is 3.39. The molecule has 0 saturated carbocycles. The molecular weight excluding hydrogens is 281 g/mol. The van der Waals surface area contributed by atoms with Crippen LogP contribution in [-0.2, 0) is 6.54 Å². The quantitative estimate of drug-likeness (QED) is 0.878. The largest absolute Gasteiger partial charge is 0.381 e. The number of hydrogen-bond donors (Lipinski definition) is 1. The molecule has 0 unspecified atom stereocenters. The van der Waals surface area contributed by atoms with E-state index in [0.29, 0.717) is 12.1 Å². The van der Waals surface area contributed by atoms with E-state index in [1.165, 1.54) is 6.07 Å². The Kier molecular flexibility index (Phi) is 3.79. The average Bonchev–Trinajstić information content (AvgIpc) is 2.33. The van der Waals surface area contributed by atoms with Crippen LogP contribution < -0.4 is 5.32 Å². The Bertz CT molecular complexity index is 508. The van der Waals surface area contributed by atoms with Crippen molar-refractivity contribution < 1.29 is 4.39 Å². The van der Waals surface area contributed by atoms with Gasteiger partial charge in [-0.25, -0.2) is 4.39 Å². The molecule has 0 aliphatic carbocycles. The molecule has 0 radical (unpaired) electrons. The van der Waals surface area contributed by atoms with Gasteiger partial charge in [0.1, 0.15) is 5.82 Å². The van der Waals surface area contributed by atoms with Crippen molar-refractivity contribution in [3.63, 3.8) is 0 Å². The van der Waals surface area contributed by atoms with Gasteiger partial charge in [-0.1, -0.05) is 34.1 Å². The van der Waals surface area contributed by atoms with Gasteiger partial charge in [0.15, 0.2) is 0 Å². The number of halogens is 2. The highest BCUT2D eigenvalue weighted by atomic mass is 79.9. The second kappa shape index (κ2) is 5.32. The molecule has 0 aliphatic rings. The van der Waals surface area contributed by atoms with Gasteiger partial charge in [0.05, 0.1) is 0 Å². The minimum absolute atomic E-state index is 0.175. The topological polar surface area (TPSA) is 12.0 Å². The third-order valence-corrected chi connectivity index (χ3v) is 3.11. The fraction of sp³-hybridized carbons (Fsp3) is 0.143. The van der Waals surface area contributed by atoms with Gasteiger partial charge in [0.25, 0.3) is 0 Å². The van der Waals surface area contributed by atoms with Crippen molar-refractivity contribution in [3.8, 4) is 0 Å². The van der Waals surface area contributed by atoms with Crippen molar-refractivity contribution in [2.75, 3.05) is 5.32 Å². The number of rotatable bonds is 3. The molecule has 0 aromatic heterocycles. The van der Waals surface area contributed by atoms with Crippen LogP contribution in [0.4, 0.5) is 10.1 Å². The van der Waals surface area contributed by atoms with Crippen molar-refractivity contribution in [1.82, 2.24) is 0 Å². The molecule has 17 heavy (non-hydrogen) atoms. The van der Waals surface area contributed by atoms with E-state index in [2.05, 4.69) is 21.2 Å². The predicted molar refractivity (Wildman–Crippen MR) is 72.6 cm³/mol. The lowest BCUT2D eigenvalue weighted by molar-refractivity contribution is 0.619. The monoisotopic (exact) mass is 293 g/mol. The Morgan fingerprint density at radius 1 is 1.12 bits per heavy atom. The van der Waals surface area contributed by atoms with E-state index in [0.717, 1.165) is 15.7 Å². The summed E-state index contributed by atoms with van der Waals surface area (Å²) in [5.41, 5.74) is 2.63. The fourth-order valence-electron chi connectivity index (χ4n) is 1.51. The Hall–Kier alpha value is -1.35. The van der Waals surface area contributed by atoms with Crippen molar-refractivity contribution in [2.24, 2.45) is 0 Å². The lowest BCUT2D eigenvalue weighted by Crippen LogP contribution is -1.99. The van der Waals surface area contributed by atoms with E-state index < -0.39 is 0 Å². The molecule has 2 rings (SSSR count). The second-order valence-corrected chi connectivity index (χ2v) is 4.86. The molecule has 3 heteroatoms. The summed E-state index contributed by atoms with van der Waals surface area (Å²) in [6, 6.07) is 13.2. The molecule has 88 valence electrons. The Morgan fingerprint density at radius 3 is 2.47 bits per heavy atom. The summed E-state index contributed by atoms with van der Waals surface area (Å²) in [6.45, 7) is 2.45. The summed E-state index contributed by atoms with van der Waals surface area (Å²) < 4.78 is 14.4. The number of hydrogen-bond acceptors (Lipinski definition) is 1. The van der Waals surface area contributed by atoms with E-state index in [9.17, 15) is 4.39 Å². The van der Waals surface area contributed by atoms with E-state index in [1.807, 2.05) is 30.3 Å². The summed E-state index contributed by atoms with van der Waals surface area (Å²) in [7, 11) is 0. The first-order valence-corrected chi connectivity index (χ1v) is 6.19. The van der Waals surface area contributed by atoms with E-state index in [4.69, 9.17) is 0 Å². The maximum atomic E-state index is 13.3. The first kappa shape index (κ1) is 12.1. The van der Waals surface area contributed by atoms with Crippen LogP contribution >= 0.6 is 15.9 Å². The van der Waals surface area contributed by atoms with Crippen LogP contribution in [-0.4, -0.2) is 0 Å². The smallest absolute Gasteiger partial charge is 0.128 e. The number of anilines is 1. The van der Waals surface area contributed by atoms with E-state index in [1.54, 1.807) is 13.0 Å². The van der Waals surface area contributed by atoms with Gasteiger partial charge >= 0.3 is 0 Å². The number of aryl methyl sites for hydroxylation is 1. The fourth-order valence-corrected chi connectivity index (χ4v) is 1.77. The molecule has 0 amide bonds. The third kappa shape index (κ3) is 3.30. The molecule has 0 fully saturated rings. The second-order valence-electron chi connectivity index (χ2n) is 3.94. The van der Waals surface area contributed by atoms with Gasteiger partial charge in [-0.05, 0) is 42.3 Å². The molecule has 0 atom stereocenters. The molecular formula is C14H13BrFN. The minimum Gasteiger partial charge on any atom is -0.381 e. The maximum Gasteiger partial charge on any atom is 0.128 e. The van der Waals surface area contributed by atoms with Gasteiger partial charge < -0.3 is 5.32 Å². The molecule has 0 heterocycles. The van der Waals surface area contributed by atoms with Gasteiger partial charge in [0, 0.05) is 16.7 Å². The standard InChI is InChI=1S/C14H13BrFN/c1-10-2-7-13(8-14(10)16)17-9-11-3-5-12(15)6-4-11/h2-8,17H,9H2,1H3. The molecule has 0 spiro atoms. The zero-order valence-corrected chi connectivity index (χ0v) is 11.1. The third-order valence-electron chi connectivity index (χ3n) is 2.58.